The predicted octanol–water partition coefficient (Wildman–Crippen LogP) is 2.30. The van der Waals surface area contributed by atoms with Crippen LogP contribution in [0.1, 0.15) is 32.1 Å². The summed E-state index contributed by atoms with van der Waals surface area (Å²) in [5.74, 6) is -1.56. The molecule has 4 rings (SSSR count). The van der Waals surface area contributed by atoms with Crippen LogP contribution >= 0.6 is 0 Å². The van der Waals surface area contributed by atoms with Gasteiger partial charge in [0.2, 0.25) is 15.8 Å². The largest absolute Gasteiger partial charge is 0.483 e. The molecule has 0 radical (unpaired) electrons. The van der Waals surface area contributed by atoms with Gasteiger partial charge in [-0.2, -0.15) is 14.1 Å². The molecule has 0 unspecified atom stereocenters. The monoisotopic (exact) mass is 468 g/mol. The quantitative estimate of drug-likeness (QED) is 0.670. The van der Waals surface area contributed by atoms with Gasteiger partial charge in [0.05, 0.1) is 24.2 Å². The molecule has 1 aliphatic carbocycles. The molecule has 2 fully saturated rings. The zero-order chi connectivity index (χ0) is 22.9. The van der Waals surface area contributed by atoms with Crippen LogP contribution in [0.5, 0.6) is 5.75 Å². The molecule has 2 aromatic rings. The molecule has 1 aliphatic heterocycles. The number of hydrogen-bond acceptors (Lipinski definition) is 6. The molecule has 0 spiro atoms. The van der Waals surface area contributed by atoms with E-state index in [1.54, 1.807) is 0 Å². The van der Waals surface area contributed by atoms with Crippen LogP contribution < -0.4 is 15.2 Å². The van der Waals surface area contributed by atoms with Crippen molar-refractivity contribution in [3.63, 3.8) is 0 Å². The molecular weight excluding hydrogens is 442 g/mol. The van der Waals surface area contributed by atoms with Gasteiger partial charge in [-0.05, 0) is 37.8 Å². The summed E-state index contributed by atoms with van der Waals surface area (Å²) in [6, 6.07) is 2.79. The lowest BCUT2D eigenvalue weighted by Gasteiger charge is -2.35. The number of hydrogen-bond donors (Lipinski definition) is 0. The summed E-state index contributed by atoms with van der Waals surface area (Å²) in [6.45, 7) is 1.29. The topological polar surface area (TPSA) is 84.7 Å². The number of rotatable bonds is 5. The SMILES string of the molecule is CS(=O)(=O)N1CCN(c2cnn(-c3cc(F)cc(F)c3)c(=O)c2OC2CCCCC2)CC1. The lowest BCUT2D eigenvalue weighted by Crippen LogP contribution is -2.49. The van der Waals surface area contributed by atoms with Crippen molar-refractivity contribution < 1.29 is 21.9 Å². The van der Waals surface area contributed by atoms with Gasteiger partial charge >= 0.3 is 5.56 Å². The van der Waals surface area contributed by atoms with Crippen LogP contribution in [0, 0.1) is 11.6 Å². The Balaban J connectivity index is 1.71. The van der Waals surface area contributed by atoms with E-state index in [-0.39, 0.29) is 30.6 Å². The summed E-state index contributed by atoms with van der Waals surface area (Å²) >= 11 is 0. The van der Waals surface area contributed by atoms with Crippen molar-refractivity contribution in [2.24, 2.45) is 0 Å². The molecule has 0 bridgehead atoms. The van der Waals surface area contributed by atoms with Crippen molar-refractivity contribution in [1.29, 1.82) is 0 Å². The fourth-order valence-electron chi connectivity index (χ4n) is 4.22. The molecule has 0 atom stereocenters. The van der Waals surface area contributed by atoms with E-state index in [2.05, 4.69) is 5.10 Å². The number of sulfonamides is 1. The molecular formula is C21H26F2N4O4S. The van der Waals surface area contributed by atoms with Gasteiger partial charge in [0.15, 0.2) is 0 Å². The van der Waals surface area contributed by atoms with Crippen LogP contribution in [0.4, 0.5) is 14.5 Å². The fourth-order valence-corrected chi connectivity index (χ4v) is 5.05. The number of nitrogens with zero attached hydrogens (tertiary/aromatic N) is 4. The van der Waals surface area contributed by atoms with Crippen LogP contribution in [0.3, 0.4) is 0 Å². The first-order valence-corrected chi connectivity index (χ1v) is 12.5. The summed E-state index contributed by atoms with van der Waals surface area (Å²) in [6.07, 6.45) is 7.23. The molecule has 1 saturated carbocycles. The van der Waals surface area contributed by atoms with Crippen LogP contribution in [0.15, 0.2) is 29.2 Å². The first-order chi connectivity index (χ1) is 15.2. The molecule has 8 nitrogen and oxygen atoms in total. The smallest absolute Gasteiger partial charge is 0.316 e. The second-order valence-electron chi connectivity index (χ2n) is 8.23. The maximum atomic E-state index is 13.7. The van der Waals surface area contributed by atoms with Gasteiger partial charge < -0.3 is 9.64 Å². The van der Waals surface area contributed by atoms with E-state index in [1.165, 1.54) is 16.8 Å². The highest BCUT2D eigenvalue weighted by molar-refractivity contribution is 7.88. The Kier molecular flexibility index (Phi) is 6.47. The van der Waals surface area contributed by atoms with Crippen LogP contribution in [0.25, 0.3) is 5.69 Å². The molecule has 0 amide bonds. The van der Waals surface area contributed by atoms with Crippen LogP contribution in [-0.4, -0.2) is 61.0 Å². The Labute approximate surface area is 185 Å². The second kappa shape index (κ2) is 9.14. The minimum absolute atomic E-state index is 0.0329. The zero-order valence-electron chi connectivity index (χ0n) is 17.8. The predicted molar refractivity (Wildman–Crippen MR) is 116 cm³/mol. The van der Waals surface area contributed by atoms with E-state index < -0.39 is 27.2 Å². The number of ether oxygens (including phenoxy) is 1. The van der Waals surface area contributed by atoms with Crippen molar-refractivity contribution in [1.82, 2.24) is 14.1 Å². The average Bonchev–Trinajstić information content (AvgIpc) is 2.74. The normalized spacial score (nSPS) is 18.7. The van der Waals surface area contributed by atoms with Crippen molar-refractivity contribution in [3.8, 4) is 11.4 Å². The maximum Gasteiger partial charge on any atom is 0.316 e. The van der Waals surface area contributed by atoms with Gasteiger partial charge in [-0.25, -0.2) is 17.2 Å². The molecule has 1 saturated heterocycles. The second-order valence-corrected chi connectivity index (χ2v) is 10.2. The Bertz CT molecular complexity index is 1120. The first-order valence-electron chi connectivity index (χ1n) is 10.7. The highest BCUT2D eigenvalue weighted by Gasteiger charge is 2.28. The molecule has 0 N–H and O–H groups in total. The standard InChI is InChI=1S/C21H26F2N4O4S/c1-32(29,30)26-9-7-25(8-10-26)19-14-24-27(17-12-15(22)11-16(23)13-17)21(28)20(19)31-18-5-3-2-4-6-18/h11-14,18H,2-10H2,1H3. The van der Waals surface area contributed by atoms with E-state index in [0.717, 1.165) is 55.0 Å². The van der Waals surface area contributed by atoms with Crippen LogP contribution in [0.2, 0.25) is 0 Å². The Morgan fingerprint density at radius 1 is 1.00 bits per heavy atom. The molecule has 11 heteroatoms. The van der Waals surface area contributed by atoms with Gasteiger partial charge in [0, 0.05) is 32.2 Å². The maximum absolute atomic E-state index is 13.7. The minimum Gasteiger partial charge on any atom is -0.483 e. The summed E-state index contributed by atoms with van der Waals surface area (Å²) in [5, 5.41) is 4.14. The average molecular weight is 469 g/mol. The fraction of sp³-hybridized carbons (Fsp3) is 0.524. The highest BCUT2D eigenvalue weighted by atomic mass is 32.2. The highest BCUT2D eigenvalue weighted by Crippen LogP contribution is 2.30. The van der Waals surface area contributed by atoms with Gasteiger partial charge in [-0.1, -0.05) is 6.42 Å². The summed E-state index contributed by atoms with van der Waals surface area (Å²) in [4.78, 5) is 15.2. The van der Waals surface area contributed by atoms with E-state index in [1.807, 2.05) is 4.90 Å². The van der Waals surface area contributed by atoms with Crippen molar-refractivity contribution in [3.05, 3.63) is 46.4 Å². The third-order valence-corrected chi connectivity index (χ3v) is 7.19. The number of aromatic nitrogens is 2. The minimum atomic E-state index is -3.30. The Morgan fingerprint density at radius 2 is 1.62 bits per heavy atom. The van der Waals surface area contributed by atoms with Gasteiger partial charge in [-0.15, -0.1) is 0 Å². The number of halogens is 2. The van der Waals surface area contributed by atoms with Gasteiger partial charge in [0.1, 0.15) is 17.3 Å². The third kappa shape index (κ3) is 4.93. The Hall–Kier alpha value is -2.53. The summed E-state index contributed by atoms with van der Waals surface area (Å²) in [5.41, 5.74) is -0.181. The van der Waals surface area contributed by atoms with Crippen molar-refractivity contribution in [2.45, 2.75) is 38.2 Å². The molecule has 2 aliphatic rings. The molecule has 1 aromatic heterocycles. The van der Waals surface area contributed by atoms with Gasteiger partial charge in [-0.3, -0.25) is 4.79 Å². The molecule has 1 aromatic carbocycles. The summed E-state index contributed by atoms with van der Waals surface area (Å²) in [7, 11) is -3.30. The van der Waals surface area contributed by atoms with E-state index in [0.29, 0.717) is 18.8 Å². The molecule has 32 heavy (non-hydrogen) atoms. The first kappa shape index (κ1) is 22.7. The van der Waals surface area contributed by atoms with Crippen molar-refractivity contribution in [2.75, 3.05) is 37.3 Å². The third-order valence-electron chi connectivity index (χ3n) is 5.89. The summed E-state index contributed by atoms with van der Waals surface area (Å²) < 4.78 is 59.6. The number of benzene rings is 1. The van der Waals surface area contributed by atoms with Crippen molar-refractivity contribution >= 4 is 15.7 Å². The lowest BCUT2D eigenvalue weighted by atomic mass is 9.98. The van der Waals surface area contributed by atoms with Crippen LogP contribution in [-0.2, 0) is 10.0 Å². The molecule has 174 valence electrons. The lowest BCUT2D eigenvalue weighted by molar-refractivity contribution is 0.152. The Morgan fingerprint density at radius 3 is 2.22 bits per heavy atom. The molecule has 2 heterocycles. The van der Waals surface area contributed by atoms with E-state index in [4.69, 9.17) is 4.74 Å². The number of anilines is 1. The number of piperazine rings is 1. The zero-order valence-corrected chi connectivity index (χ0v) is 18.7. The van der Waals surface area contributed by atoms with E-state index in [9.17, 15) is 22.0 Å². The van der Waals surface area contributed by atoms with Gasteiger partial charge in [0.25, 0.3) is 0 Å². The van der Waals surface area contributed by atoms with E-state index >= 15 is 0 Å².